The van der Waals surface area contributed by atoms with Gasteiger partial charge >= 0.3 is 5.97 Å². The molecule has 0 saturated heterocycles. The van der Waals surface area contributed by atoms with Gasteiger partial charge in [0.25, 0.3) is 0 Å². The van der Waals surface area contributed by atoms with Crippen molar-refractivity contribution in [1.29, 1.82) is 0 Å². The van der Waals surface area contributed by atoms with Crippen molar-refractivity contribution >= 4 is 5.97 Å². The lowest BCUT2D eigenvalue weighted by Gasteiger charge is -2.07. The van der Waals surface area contributed by atoms with E-state index in [9.17, 15) is 9.90 Å². The minimum atomic E-state index is -1.03. The Morgan fingerprint density at radius 3 is 2.55 bits per heavy atom. The Morgan fingerprint density at radius 2 is 1.90 bits per heavy atom. The van der Waals surface area contributed by atoms with Gasteiger partial charge in [0.05, 0.1) is 11.9 Å². The highest BCUT2D eigenvalue weighted by Crippen LogP contribution is 2.25. The van der Waals surface area contributed by atoms with Gasteiger partial charge in [-0.15, -0.1) is 5.10 Å². The molecule has 0 spiro atoms. The summed E-state index contributed by atoms with van der Waals surface area (Å²) in [6.45, 7) is 0. The molecule has 6 heteroatoms. The maximum absolute atomic E-state index is 11.4. The van der Waals surface area contributed by atoms with Crippen LogP contribution in [0.25, 0.3) is 17.1 Å². The average Bonchev–Trinajstić information content (AvgIpc) is 2.94. The fourth-order valence-corrected chi connectivity index (χ4v) is 1.96. The number of benzene rings is 1. The van der Waals surface area contributed by atoms with Crippen LogP contribution in [0.3, 0.4) is 0 Å². The molecule has 0 saturated carbocycles. The second-order valence-electron chi connectivity index (χ2n) is 4.07. The molecule has 0 unspecified atom stereocenters. The van der Waals surface area contributed by atoms with Gasteiger partial charge in [0.2, 0.25) is 0 Å². The molecular formula is C14H10N4O2. The van der Waals surface area contributed by atoms with Crippen LogP contribution in [0.2, 0.25) is 0 Å². The summed E-state index contributed by atoms with van der Waals surface area (Å²) in [6, 6.07) is 12.7. The van der Waals surface area contributed by atoms with Crippen LogP contribution in [-0.4, -0.2) is 31.1 Å². The lowest BCUT2D eigenvalue weighted by atomic mass is 10.1. The summed E-state index contributed by atoms with van der Waals surface area (Å²) < 4.78 is 1.48. The highest BCUT2D eigenvalue weighted by Gasteiger charge is 2.19. The number of aromatic carboxylic acids is 1. The zero-order valence-electron chi connectivity index (χ0n) is 10.3. The molecule has 1 aromatic carbocycles. The number of rotatable bonds is 3. The summed E-state index contributed by atoms with van der Waals surface area (Å²) in [5.74, 6) is -0.558. The molecule has 0 atom stereocenters. The Bertz CT molecular complexity index is 738. The van der Waals surface area contributed by atoms with E-state index < -0.39 is 5.97 Å². The summed E-state index contributed by atoms with van der Waals surface area (Å²) in [4.78, 5) is 11.4. The molecule has 0 radical (unpaired) electrons. The van der Waals surface area contributed by atoms with Crippen molar-refractivity contribution in [2.24, 2.45) is 0 Å². The number of hydrogen-bond acceptors (Lipinski definition) is 4. The fraction of sp³-hybridized carbons (Fsp3) is 0. The third-order valence-electron chi connectivity index (χ3n) is 2.82. The summed E-state index contributed by atoms with van der Waals surface area (Å²) >= 11 is 0. The molecule has 3 aromatic rings. The SMILES string of the molecule is O=C(O)c1cnn(-c2cccnn2)c1-c1ccccc1. The first-order valence-corrected chi connectivity index (χ1v) is 5.92. The Kier molecular flexibility index (Phi) is 2.96. The van der Waals surface area contributed by atoms with E-state index >= 15 is 0 Å². The van der Waals surface area contributed by atoms with Crippen molar-refractivity contribution in [3.63, 3.8) is 0 Å². The van der Waals surface area contributed by atoms with Gasteiger partial charge in [-0.25, -0.2) is 9.48 Å². The minimum Gasteiger partial charge on any atom is -0.478 e. The van der Waals surface area contributed by atoms with E-state index in [4.69, 9.17) is 0 Å². The highest BCUT2D eigenvalue weighted by molar-refractivity contribution is 5.95. The highest BCUT2D eigenvalue weighted by atomic mass is 16.4. The lowest BCUT2D eigenvalue weighted by molar-refractivity contribution is 0.0697. The first-order valence-electron chi connectivity index (χ1n) is 5.92. The van der Waals surface area contributed by atoms with Crippen LogP contribution >= 0.6 is 0 Å². The van der Waals surface area contributed by atoms with Crippen molar-refractivity contribution in [3.8, 4) is 17.1 Å². The van der Waals surface area contributed by atoms with Gasteiger partial charge in [-0.2, -0.15) is 10.2 Å². The molecule has 2 heterocycles. The monoisotopic (exact) mass is 266 g/mol. The van der Waals surface area contributed by atoms with Crippen molar-refractivity contribution < 1.29 is 9.90 Å². The molecule has 0 aliphatic heterocycles. The largest absolute Gasteiger partial charge is 0.478 e. The van der Waals surface area contributed by atoms with Crippen molar-refractivity contribution in [1.82, 2.24) is 20.0 Å². The molecule has 98 valence electrons. The number of carboxylic acid groups (broad SMARTS) is 1. The van der Waals surface area contributed by atoms with E-state index in [0.717, 1.165) is 5.56 Å². The standard InChI is InChI=1S/C14H10N4O2/c19-14(20)11-9-16-18(12-7-4-8-15-17-12)13(11)10-5-2-1-3-6-10/h1-9H,(H,19,20). The smallest absolute Gasteiger partial charge is 0.339 e. The third kappa shape index (κ3) is 2.03. The molecule has 0 amide bonds. The summed E-state index contributed by atoms with van der Waals surface area (Å²) in [7, 11) is 0. The predicted octanol–water partition coefficient (Wildman–Crippen LogP) is 2.03. The molecule has 3 rings (SSSR count). The molecule has 0 aliphatic carbocycles. The number of nitrogens with zero attached hydrogens (tertiary/aromatic N) is 4. The lowest BCUT2D eigenvalue weighted by Crippen LogP contribution is -2.05. The number of aromatic nitrogens is 4. The van der Waals surface area contributed by atoms with Gasteiger partial charge < -0.3 is 5.11 Å². The van der Waals surface area contributed by atoms with Gasteiger partial charge in [-0.05, 0) is 12.1 Å². The van der Waals surface area contributed by atoms with Crippen LogP contribution in [0.1, 0.15) is 10.4 Å². The molecule has 1 N–H and O–H groups in total. The van der Waals surface area contributed by atoms with Gasteiger partial charge in [-0.3, -0.25) is 0 Å². The molecule has 2 aromatic heterocycles. The van der Waals surface area contributed by atoms with Crippen molar-refractivity contribution in [3.05, 3.63) is 60.4 Å². The van der Waals surface area contributed by atoms with E-state index in [2.05, 4.69) is 15.3 Å². The fourth-order valence-electron chi connectivity index (χ4n) is 1.96. The van der Waals surface area contributed by atoms with E-state index in [0.29, 0.717) is 11.5 Å². The van der Waals surface area contributed by atoms with Crippen LogP contribution in [0, 0.1) is 0 Å². The van der Waals surface area contributed by atoms with Crippen LogP contribution in [0.4, 0.5) is 0 Å². The normalized spacial score (nSPS) is 10.4. The van der Waals surface area contributed by atoms with E-state index in [-0.39, 0.29) is 5.56 Å². The number of carbonyl (C=O) groups is 1. The van der Waals surface area contributed by atoms with Gasteiger partial charge in [0.1, 0.15) is 5.56 Å². The Labute approximate surface area is 114 Å². The van der Waals surface area contributed by atoms with Crippen LogP contribution in [-0.2, 0) is 0 Å². The zero-order valence-corrected chi connectivity index (χ0v) is 10.3. The molecule has 0 fully saturated rings. The number of hydrogen-bond donors (Lipinski definition) is 1. The van der Waals surface area contributed by atoms with Crippen LogP contribution in [0.15, 0.2) is 54.9 Å². The van der Waals surface area contributed by atoms with Crippen molar-refractivity contribution in [2.45, 2.75) is 0 Å². The predicted molar refractivity (Wildman–Crippen MR) is 71.5 cm³/mol. The first-order chi connectivity index (χ1) is 9.77. The van der Waals surface area contributed by atoms with Crippen LogP contribution < -0.4 is 0 Å². The maximum Gasteiger partial charge on any atom is 0.339 e. The Balaban J connectivity index is 2.25. The molecule has 6 nitrogen and oxygen atoms in total. The van der Waals surface area contributed by atoms with Gasteiger partial charge in [0, 0.05) is 11.8 Å². The van der Waals surface area contributed by atoms with E-state index in [1.165, 1.54) is 10.9 Å². The Morgan fingerprint density at radius 1 is 1.10 bits per heavy atom. The second kappa shape index (κ2) is 4.93. The van der Waals surface area contributed by atoms with Gasteiger partial charge in [0.15, 0.2) is 5.82 Å². The molecular weight excluding hydrogens is 256 g/mol. The quantitative estimate of drug-likeness (QED) is 0.784. The minimum absolute atomic E-state index is 0.127. The molecule has 20 heavy (non-hydrogen) atoms. The summed E-state index contributed by atoms with van der Waals surface area (Å²) in [5, 5.41) is 21.2. The summed E-state index contributed by atoms with van der Waals surface area (Å²) in [5.41, 5.74) is 1.37. The average molecular weight is 266 g/mol. The maximum atomic E-state index is 11.4. The first kappa shape index (κ1) is 12.0. The van der Waals surface area contributed by atoms with Gasteiger partial charge in [-0.1, -0.05) is 30.3 Å². The molecule has 0 bridgehead atoms. The number of carboxylic acids is 1. The Hall–Kier alpha value is -3.02. The zero-order chi connectivity index (χ0) is 13.9. The second-order valence-corrected chi connectivity index (χ2v) is 4.07. The van der Waals surface area contributed by atoms with Crippen molar-refractivity contribution in [2.75, 3.05) is 0 Å². The van der Waals surface area contributed by atoms with Crippen LogP contribution in [0.5, 0.6) is 0 Å². The summed E-state index contributed by atoms with van der Waals surface area (Å²) in [6.07, 6.45) is 2.87. The molecule has 0 aliphatic rings. The van der Waals surface area contributed by atoms with E-state index in [1.807, 2.05) is 30.3 Å². The van der Waals surface area contributed by atoms with E-state index in [1.54, 1.807) is 18.3 Å². The topological polar surface area (TPSA) is 80.9 Å². The third-order valence-corrected chi connectivity index (χ3v) is 2.82.